The van der Waals surface area contributed by atoms with Crippen molar-refractivity contribution in [2.24, 2.45) is 5.92 Å². The van der Waals surface area contributed by atoms with Crippen molar-refractivity contribution in [1.29, 1.82) is 0 Å². The van der Waals surface area contributed by atoms with Crippen LogP contribution in [0.5, 0.6) is 0 Å². The molecule has 3 aromatic rings. The van der Waals surface area contributed by atoms with E-state index in [0.717, 1.165) is 42.9 Å². The zero-order valence-corrected chi connectivity index (χ0v) is 17.8. The van der Waals surface area contributed by atoms with Crippen LogP contribution < -0.4 is 0 Å². The summed E-state index contributed by atoms with van der Waals surface area (Å²) >= 11 is 1.56. The monoisotopic (exact) mass is 428 g/mol. The van der Waals surface area contributed by atoms with Gasteiger partial charge in [-0.1, -0.05) is 23.4 Å². The van der Waals surface area contributed by atoms with E-state index < -0.39 is 0 Å². The molecular formula is C22H25FN4O2S. The van der Waals surface area contributed by atoms with E-state index in [0.29, 0.717) is 24.8 Å². The zero-order valence-electron chi connectivity index (χ0n) is 17.0. The van der Waals surface area contributed by atoms with Crippen LogP contribution in [-0.4, -0.2) is 45.5 Å². The van der Waals surface area contributed by atoms with E-state index in [1.54, 1.807) is 16.2 Å². The van der Waals surface area contributed by atoms with Gasteiger partial charge in [-0.3, -0.25) is 9.69 Å². The van der Waals surface area contributed by atoms with Crippen LogP contribution in [0.1, 0.15) is 31.2 Å². The Morgan fingerprint density at radius 3 is 2.70 bits per heavy atom. The van der Waals surface area contributed by atoms with Crippen molar-refractivity contribution in [3.63, 3.8) is 0 Å². The zero-order chi connectivity index (χ0) is 20.9. The minimum atomic E-state index is -0.216. The molecule has 0 atom stereocenters. The molecule has 1 aliphatic rings. The molecule has 0 N–H and O–H groups in total. The van der Waals surface area contributed by atoms with Crippen LogP contribution in [0.4, 0.5) is 4.39 Å². The number of amides is 1. The Kier molecular flexibility index (Phi) is 6.54. The standard InChI is InChI=1S/C22H25FN4O2S/c1-2-27(15-20-24-21(25-29-20)19-4-3-13-30-19)22(28)17-9-11-26(12-10-17)14-16-5-7-18(23)8-6-16/h3-8,13,17H,2,9-12,14-15H2,1H3. The third-order valence-electron chi connectivity index (χ3n) is 5.49. The Morgan fingerprint density at radius 2 is 2.03 bits per heavy atom. The summed E-state index contributed by atoms with van der Waals surface area (Å²) < 4.78 is 18.4. The summed E-state index contributed by atoms with van der Waals surface area (Å²) in [4.78, 5) is 22.6. The highest BCUT2D eigenvalue weighted by molar-refractivity contribution is 7.13. The van der Waals surface area contributed by atoms with Gasteiger partial charge in [0.15, 0.2) is 0 Å². The molecule has 3 heterocycles. The number of hydrogen-bond acceptors (Lipinski definition) is 6. The number of halogens is 1. The first kappa shape index (κ1) is 20.7. The van der Waals surface area contributed by atoms with Gasteiger partial charge in [0.2, 0.25) is 17.6 Å². The van der Waals surface area contributed by atoms with Crippen molar-refractivity contribution < 1.29 is 13.7 Å². The maximum atomic E-state index is 13.1. The number of likely N-dealkylation sites (tertiary alicyclic amines) is 1. The van der Waals surface area contributed by atoms with Crippen LogP contribution in [0.3, 0.4) is 0 Å². The third kappa shape index (κ3) is 4.94. The van der Waals surface area contributed by atoms with E-state index in [4.69, 9.17) is 4.52 Å². The number of thiophene rings is 1. The molecular weight excluding hydrogens is 403 g/mol. The van der Waals surface area contributed by atoms with E-state index in [1.807, 2.05) is 36.6 Å². The molecule has 8 heteroatoms. The minimum Gasteiger partial charge on any atom is -0.337 e. The maximum absolute atomic E-state index is 13.1. The minimum absolute atomic E-state index is 0.00843. The highest BCUT2D eigenvalue weighted by Crippen LogP contribution is 2.24. The van der Waals surface area contributed by atoms with E-state index in [9.17, 15) is 9.18 Å². The number of carbonyl (C=O) groups excluding carboxylic acids is 1. The SMILES string of the molecule is CCN(Cc1nc(-c2cccs2)no1)C(=O)C1CCN(Cc2ccc(F)cc2)CC1. The molecule has 2 aromatic heterocycles. The second-order valence-electron chi connectivity index (χ2n) is 7.52. The van der Waals surface area contributed by atoms with E-state index >= 15 is 0 Å². The van der Waals surface area contributed by atoms with Crippen molar-refractivity contribution in [1.82, 2.24) is 19.9 Å². The fourth-order valence-corrected chi connectivity index (χ4v) is 4.43. The van der Waals surface area contributed by atoms with E-state index in [2.05, 4.69) is 15.0 Å². The average molecular weight is 429 g/mol. The lowest BCUT2D eigenvalue weighted by Gasteiger charge is -2.33. The first-order chi connectivity index (χ1) is 14.6. The van der Waals surface area contributed by atoms with Gasteiger partial charge in [-0.2, -0.15) is 4.98 Å². The number of piperidine rings is 1. The summed E-state index contributed by atoms with van der Waals surface area (Å²) in [5, 5.41) is 6.00. The molecule has 30 heavy (non-hydrogen) atoms. The molecule has 1 amide bonds. The van der Waals surface area contributed by atoms with Gasteiger partial charge in [0, 0.05) is 19.0 Å². The highest BCUT2D eigenvalue weighted by atomic mass is 32.1. The number of carbonyl (C=O) groups is 1. The Bertz CT molecular complexity index is 950. The Labute approximate surface area is 179 Å². The third-order valence-corrected chi connectivity index (χ3v) is 6.35. The summed E-state index contributed by atoms with van der Waals surface area (Å²) in [6.45, 7) is 5.40. The summed E-state index contributed by atoms with van der Waals surface area (Å²) in [6, 6.07) is 10.5. The van der Waals surface area contributed by atoms with Gasteiger partial charge < -0.3 is 9.42 Å². The van der Waals surface area contributed by atoms with Gasteiger partial charge in [0.25, 0.3) is 0 Å². The molecule has 0 spiro atoms. The Morgan fingerprint density at radius 1 is 1.27 bits per heavy atom. The Balaban J connectivity index is 1.30. The molecule has 1 aromatic carbocycles. The average Bonchev–Trinajstić information content (AvgIpc) is 3.46. The Hall–Kier alpha value is -2.58. The largest absolute Gasteiger partial charge is 0.337 e. The molecule has 1 fully saturated rings. The molecule has 4 rings (SSSR count). The van der Waals surface area contributed by atoms with Gasteiger partial charge in [-0.05, 0) is 62.0 Å². The highest BCUT2D eigenvalue weighted by Gasteiger charge is 2.29. The van der Waals surface area contributed by atoms with Crippen LogP contribution in [0.2, 0.25) is 0 Å². The van der Waals surface area contributed by atoms with Crippen molar-refractivity contribution in [2.45, 2.75) is 32.9 Å². The quantitative estimate of drug-likeness (QED) is 0.564. The lowest BCUT2D eigenvalue weighted by Crippen LogP contribution is -2.42. The maximum Gasteiger partial charge on any atom is 0.246 e. The molecule has 0 saturated carbocycles. The van der Waals surface area contributed by atoms with Crippen molar-refractivity contribution in [2.75, 3.05) is 19.6 Å². The summed E-state index contributed by atoms with van der Waals surface area (Å²) in [6.07, 6.45) is 1.64. The van der Waals surface area contributed by atoms with E-state index in [1.165, 1.54) is 12.1 Å². The van der Waals surface area contributed by atoms with Crippen LogP contribution in [0, 0.1) is 11.7 Å². The first-order valence-corrected chi connectivity index (χ1v) is 11.1. The van der Waals surface area contributed by atoms with Crippen LogP contribution >= 0.6 is 11.3 Å². The number of hydrogen-bond donors (Lipinski definition) is 0. The van der Waals surface area contributed by atoms with Gasteiger partial charge in [-0.15, -0.1) is 11.3 Å². The predicted octanol–water partition coefficient (Wildman–Crippen LogP) is 4.20. The van der Waals surface area contributed by atoms with Crippen molar-refractivity contribution in [3.8, 4) is 10.7 Å². The molecule has 6 nitrogen and oxygen atoms in total. The number of benzene rings is 1. The second kappa shape index (κ2) is 9.49. The van der Waals surface area contributed by atoms with Gasteiger partial charge in [-0.25, -0.2) is 4.39 Å². The van der Waals surface area contributed by atoms with Crippen LogP contribution in [0.25, 0.3) is 10.7 Å². The summed E-state index contributed by atoms with van der Waals surface area (Å²) in [5.74, 6) is 0.968. The summed E-state index contributed by atoms with van der Waals surface area (Å²) in [7, 11) is 0. The number of nitrogens with zero attached hydrogens (tertiary/aromatic N) is 4. The predicted molar refractivity (Wildman–Crippen MR) is 113 cm³/mol. The molecule has 0 aliphatic carbocycles. The normalized spacial score (nSPS) is 15.4. The number of rotatable bonds is 7. The topological polar surface area (TPSA) is 62.5 Å². The molecule has 0 radical (unpaired) electrons. The molecule has 0 unspecified atom stereocenters. The fourth-order valence-electron chi connectivity index (χ4n) is 3.78. The van der Waals surface area contributed by atoms with Crippen LogP contribution in [-0.2, 0) is 17.9 Å². The fraction of sp³-hybridized carbons (Fsp3) is 0.409. The molecule has 1 aliphatic heterocycles. The van der Waals surface area contributed by atoms with Gasteiger partial charge >= 0.3 is 0 Å². The molecule has 0 bridgehead atoms. The number of aromatic nitrogens is 2. The van der Waals surface area contributed by atoms with Gasteiger partial charge in [0.1, 0.15) is 5.82 Å². The van der Waals surface area contributed by atoms with Crippen molar-refractivity contribution in [3.05, 3.63) is 59.0 Å². The molecule has 158 valence electrons. The lowest BCUT2D eigenvalue weighted by atomic mass is 9.95. The smallest absolute Gasteiger partial charge is 0.246 e. The van der Waals surface area contributed by atoms with Gasteiger partial charge in [0.05, 0.1) is 11.4 Å². The van der Waals surface area contributed by atoms with E-state index in [-0.39, 0.29) is 17.6 Å². The van der Waals surface area contributed by atoms with Crippen LogP contribution in [0.15, 0.2) is 46.3 Å². The second-order valence-corrected chi connectivity index (χ2v) is 8.47. The molecule has 1 saturated heterocycles. The first-order valence-electron chi connectivity index (χ1n) is 10.2. The van der Waals surface area contributed by atoms with Crippen molar-refractivity contribution >= 4 is 17.2 Å². The lowest BCUT2D eigenvalue weighted by molar-refractivity contribution is -0.137. The summed E-state index contributed by atoms with van der Waals surface area (Å²) in [5.41, 5.74) is 1.09.